The molecule has 0 aliphatic heterocycles. The van der Waals surface area contributed by atoms with E-state index in [1.54, 1.807) is 0 Å². The van der Waals surface area contributed by atoms with Gasteiger partial charge in [-0.3, -0.25) is 4.84 Å². The number of ether oxygens (including phenoxy) is 1. The molecular formula is C15H27NO4. The molecule has 0 aromatic heterocycles. The minimum absolute atomic E-state index is 0.190. The summed E-state index contributed by atoms with van der Waals surface area (Å²) in [4.78, 5) is 15.3. The molecule has 1 aliphatic carbocycles. The maximum absolute atomic E-state index is 10.6. The lowest BCUT2D eigenvalue weighted by Gasteiger charge is -2.30. The predicted octanol–water partition coefficient (Wildman–Crippen LogP) is 4.25. The SMILES string of the molecule is CCCC/C(=C/[C@H]1CCCC[C@@H]1OCCC)O[N+](=O)[O-]. The average molecular weight is 285 g/mol. The highest BCUT2D eigenvalue weighted by atomic mass is 17.0. The van der Waals surface area contributed by atoms with Crippen molar-refractivity contribution < 1.29 is 14.7 Å². The first-order valence-corrected chi connectivity index (χ1v) is 7.82. The van der Waals surface area contributed by atoms with Gasteiger partial charge in [0.05, 0.1) is 11.9 Å². The molecular weight excluding hydrogens is 258 g/mol. The van der Waals surface area contributed by atoms with Crippen LogP contribution >= 0.6 is 0 Å². The number of unbranched alkanes of at least 4 members (excludes halogenated alkanes) is 1. The van der Waals surface area contributed by atoms with Crippen LogP contribution in [0.5, 0.6) is 0 Å². The minimum Gasteiger partial charge on any atom is -0.378 e. The number of hydrogen-bond donors (Lipinski definition) is 0. The van der Waals surface area contributed by atoms with E-state index < -0.39 is 5.09 Å². The van der Waals surface area contributed by atoms with Crippen LogP contribution in [0, 0.1) is 16.0 Å². The van der Waals surface area contributed by atoms with E-state index in [1.807, 2.05) is 6.08 Å². The molecule has 0 radical (unpaired) electrons. The lowest BCUT2D eigenvalue weighted by Crippen LogP contribution is -2.27. The van der Waals surface area contributed by atoms with E-state index in [0.29, 0.717) is 12.2 Å². The molecule has 5 heteroatoms. The van der Waals surface area contributed by atoms with Crippen LogP contribution in [-0.2, 0) is 9.57 Å². The van der Waals surface area contributed by atoms with Crippen LogP contribution in [0.3, 0.4) is 0 Å². The lowest BCUT2D eigenvalue weighted by atomic mass is 9.85. The summed E-state index contributed by atoms with van der Waals surface area (Å²) in [7, 11) is 0. The molecule has 0 aromatic carbocycles. The van der Waals surface area contributed by atoms with Crippen LogP contribution in [0.4, 0.5) is 0 Å². The van der Waals surface area contributed by atoms with Gasteiger partial charge in [0.2, 0.25) is 0 Å². The van der Waals surface area contributed by atoms with Crippen molar-refractivity contribution in [3.8, 4) is 0 Å². The summed E-state index contributed by atoms with van der Waals surface area (Å²) >= 11 is 0. The van der Waals surface area contributed by atoms with E-state index >= 15 is 0 Å². The number of nitrogens with zero attached hydrogens (tertiary/aromatic N) is 1. The maximum Gasteiger partial charge on any atom is 0.299 e. The Kier molecular flexibility index (Phi) is 8.26. The minimum atomic E-state index is -0.702. The number of allylic oxidation sites excluding steroid dienone is 1. The Morgan fingerprint density at radius 3 is 2.70 bits per heavy atom. The molecule has 1 rings (SSSR count). The first-order valence-electron chi connectivity index (χ1n) is 7.82. The van der Waals surface area contributed by atoms with E-state index in [1.165, 1.54) is 6.42 Å². The van der Waals surface area contributed by atoms with Crippen molar-refractivity contribution in [2.75, 3.05) is 6.61 Å². The standard InChI is InChI=1S/C15H27NO4/c1-3-5-9-14(20-16(17)18)12-13-8-6-7-10-15(13)19-11-4-2/h12-13,15H,3-11H2,1-2H3/b14-12-/t13-,15+/m1/s1. The monoisotopic (exact) mass is 285 g/mol. The second-order valence-electron chi connectivity index (χ2n) is 5.41. The van der Waals surface area contributed by atoms with Crippen LogP contribution in [0.15, 0.2) is 11.8 Å². The molecule has 1 fully saturated rings. The van der Waals surface area contributed by atoms with E-state index in [9.17, 15) is 10.1 Å². The van der Waals surface area contributed by atoms with Gasteiger partial charge < -0.3 is 4.74 Å². The highest BCUT2D eigenvalue weighted by Gasteiger charge is 2.24. The van der Waals surface area contributed by atoms with Gasteiger partial charge in [-0.1, -0.05) is 39.2 Å². The normalized spacial score (nSPS) is 23.6. The Morgan fingerprint density at radius 2 is 2.05 bits per heavy atom. The van der Waals surface area contributed by atoms with E-state index in [0.717, 1.165) is 45.1 Å². The largest absolute Gasteiger partial charge is 0.378 e. The van der Waals surface area contributed by atoms with E-state index in [-0.39, 0.29) is 12.0 Å². The van der Waals surface area contributed by atoms with Gasteiger partial charge in [-0.25, -0.2) is 0 Å². The van der Waals surface area contributed by atoms with Crippen LogP contribution in [-0.4, -0.2) is 17.8 Å². The summed E-state index contributed by atoms with van der Waals surface area (Å²) in [6.45, 7) is 4.92. The fourth-order valence-electron chi connectivity index (χ4n) is 2.64. The average Bonchev–Trinajstić information content (AvgIpc) is 2.43. The van der Waals surface area contributed by atoms with Crippen molar-refractivity contribution in [1.82, 2.24) is 0 Å². The van der Waals surface area contributed by atoms with Gasteiger partial charge in [0, 0.05) is 12.5 Å². The third-order valence-electron chi connectivity index (χ3n) is 3.66. The molecule has 0 aromatic rings. The van der Waals surface area contributed by atoms with Crippen molar-refractivity contribution in [2.45, 2.75) is 71.3 Å². The molecule has 0 unspecified atom stereocenters. The molecule has 0 bridgehead atoms. The first-order chi connectivity index (χ1) is 9.67. The van der Waals surface area contributed by atoms with Crippen molar-refractivity contribution >= 4 is 0 Å². The maximum atomic E-state index is 10.6. The van der Waals surface area contributed by atoms with Crippen molar-refractivity contribution in [1.29, 1.82) is 0 Å². The van der Waals surface area contributed by atoms with Crippen LogP contribution < -0.4 is 0 Å². The van der Waals surface area contributed by atoms with Crippen molar-refractivity contribution in [3.05, 3.63) is 21.9 Å². The molecule has 0 spiro atoms. The topological polar surface area (TPSA) is 61.6 Å². The lowest BCUT2D eigenvalue weighted by molar-refractivity contribution is -0.743. The molecule has 0 amide bonds. The third-order valence-corrected chi connectivity index (χ3v) is 3.66. The molecule has 0 saturated heterocycles. The van der Waals surface area contributed by atoms with Crippen LogP contribution in [0.2, 0.25) is 0 Å². The van der Waals surface area contributed by atoms with E-state index in [2.05, 4.69) is 13.8 Å². The van der Waals surface area contributed by atoms with Gasteiger partial charge in [0.15, 0.2) is 0 Å². The Balaban J connectivity index is 2.67. The summed E-state index contributed by atoms with van der Waals surface area (Å²) in [5.41, 5.74) is 0. The quantitative estimate of drug-likeness (QED) is 0.361. The van der Waals surface area contributed by atoms with Gasteiger partial charge >= 0.3 is 0 Å². The summed E-state index contributed by atoms with van der Waals surface area (Å²) in [6.07, 6.45) is 10.1. The smallest absolute Gasteiger partial charge is 0.299 e. The zero-order chi connectivity index (χ0) is 14.8. The third kappa shape index (κ3) is 6.37. The molecule has 1 saturated carbocycles. The van der Waals surface area contributed by atoms with Gasteiger partial charge in [0.25, 0.3) is 5.09 Å². The van der Waals surface area contributed by atoms with Gasteiger partial charge in [-0.2, -0.15) is 0 Å². The zero-order valence-corrected chi connectivity index (χ0v) is 12.7. The highest BCUT2D eigenvalue weighted by molar-refractivity contribution is 5.00. The Bertz CT molecular complexity index is 317. The fourth-order valence-corrected chi connectivity index (χ4v) is 2.64. The molecule has 20 heavy (non-hydrogen) atoms. The van der Waals surface area contributed by atoms with Crippen molar-refractivity contribution in [2.24, 2.45) is 5.92 Å². The van der Waals surface area contributed by atoms with Crippen molar-refractivity contribution in [3.63, 3.8) is 0 Å². The molecule has 5 nitrogen and oxygen atoms in total. The summed E-state index contributed by atoms with van der Waals surface area (Å²) in [5.74, 6) is 0.746. The van der Waals surface area contributed by atoms with Crippen LogP contribution in [0.1, 0.15) is 65.2 Å². The second-order valence-corrected chi connectivity index (χ2v) is 5.41. The Labute approximate surface area is 121 Å². The summed E-state index contributed by atoms with van der Waals surface area (Å²) < 4.78 is 5.89. The Hall–Kier alpha value is -1.10. The fraction of sp³-hybridized carbons (Fsp3) is 0.867. The summed E-state index contributed by atoms with van der Waals surface area (Å²) in [5, 5.41) is 9.88. The number of rotatable bonds is 9. The molecule has 1 aliphatic rings. The molecule has 116 valence electrons. The summed E-state index contributed by atoms with van der Waals surface area (Å²) in [6, 6.07) is 0. The highest BCUT2D eigenvalue weighted by Crippen LogP contribution is 2.30. The second kappa shape index (κ2) is 9.75. The molecule has 0 heterocycles. The van der Waals surface area contributed by atoms with Gasteiger partial charge in [-0.15, -0.1) is 10.1 Å². The predicted molar refractivity (Wildman–Crippen MR) is 77.7 cm³/mol. The first kappa shape index (κ1) is 17.0. The van der Waals surface area contributed by atoms with Gasteiger partial charge in [0.1, 0.15) is 0 Å². The molecule has 2 atom stereocenters. The molecule has 0 N–H and O–H groups in total. The van der Waals surface area contributed by atoms with Gasteiger partial charge in [-0.05, 0) is 32.1 Å². The van der Waals surface area contributed by atoms with Crippen LogP contribution in [0.25, 0.3) is 0 Å². The van der Waals surface area contributed by atoms with E-state index in [4.69, 9.17) is 9.57 Å². The zero-order valence-electron chi connectivity index (χ0n) is 12.7. The Morgan fingerprint density at radius 1 is 1.30 bits per heavy atom. The number of hydrogen-bond acceptors (Lipinski definition) is 4.